The third-order valence-electron chi connectivity index (χ3n) is 4.88. The summed E-state index contributed by atoms with van der Waals surface area (Å²) in [6, 6.07) is 7.89. The molecule has 5 heteroatoms. The molecule has 24 heavy (non-hydrogen) atoms. The Labute approximate surface area is 143 Å². The maximum atomic E-state index is 11.9. The van der Waals surface area contributed by atoms with E-state index in [0.29, 0.717) is 5.92 Å². The van der Waals surface area contributed by atoms with Gasteiger partial charge in [-0.1, -0.05) is 19.8 Å². The number of amides is 1. The normalized spacial score (nSPS) is 23.3. The van der Waals surface area contributed by atoms with E-state index in [4.69, 9.17) is 4.74 Å². The summed E-state index contributed by atoms with van der Waals surface area (Å²) in [6.45, 7) is 4.00. The quantitative estimate of drug-likeness (QED) is 0.842. The maximum absolute atomic E-state index is 11.9. The minimum atomic E-state index is -0.292. The number of ether oxygens (including phenoxy) is 1. The number of nitrogens with zero attached hydrogens (tertiary/aromatic N) is 1. The molecule has 1 N–H and O–H groups in total. The van der Waals surface area contributed by atoms with Gasteiger partial charge >= 0.3 is 5.97 Å². The van der Waals surface area contributed by atoms with Gasteiger partial charge in [-0.05, 0) is 49.4 Å². The average molecular weight is 330 g/mol. The van der Waals surface area contributed by atoms with E-state index < -0.39 is 0 Å². The van der Waals surface area contributed by atoms with Crippen LogP contribution in [0.3, 0.4) is 0 Å². The van der Waals surface area contributed by atoms with Crippen LogP contribution in [-0.4, -0.2) is 31.6 Å². The topological polar surface area (TPSA) is 58.6 Å². The molecule has 2 fully saturated rings. The van der Waals surface area contributed by atoms with Gasteiger partial charge in [0, 0.05) is 24.5 Å². The Kier molecular flexibility index (Phi) is 5.38. The van der Waals surface area contributed by atoms with Crippen molar-refractivity contribution in [3.05, 3.63) is 24.3 Å². The number of anilines is 2. The van der Waals surface area contributed by atoms with Crippen LogP contribution in [0.5, 0.6) is 0 Å². The van der Waals surface area contributed by atoms with Crippen molar-refractivity contribution in [2.24, 2.45) is 11.8 Å². The first-order valence-corrected chi connectivity index (χ1v) is 8.95. The number of esters is 1. The lowest BCUT2D eigenvalue weighted by Crippen LogP contribution is -2.24. The van der Waals surface area contributed by atoms with E-state index in [2.05, 4.69) is 10.2 Å². The van der Waals surface area contributed by atoms with Crippen LogP contribution in [0.1, 0.15) is 39.0 Å². The molecule has 2 aliphatic rings. The van der Waals surface area contributed by atoms with Gasteiger partial charge in [-0.15, -0.1) is 0 Å². The highest BCUT2D eigenvalue weighted by Gasteiger charge is 2.40. The second kappa shape index (κ2) is 7.69. The molecule has 0 unspecified atom stereocenters. The highest BCUT2D eigenvalue weighted by atomic mass is 16.5. The molecule has 5 nitrogen and oxygen atoms in total. The lowest BCUT2D eigenvalue weighted by Gasteiger charge is -2.22. The Bertz CT molecular complexity index is 577. The molecule has 1 aliphatic carbocycles. The predicted octanol–water partition coefficient (Wildman–Crippen LogP) is 3.20. The summed E-state index contributed by atoms with van der Waals surface area (Å²) in [6.07, 6.45) is 5.97. The molecule has 130 valence electrons. The summed E-state index contributed by atoms with van der Waals surface area (Å²) < 4.78 is 5.04. The average Bonchev–Trinajstić information content (AvgIpc) is 3.36. The molecule has 0 aromatic heterocycles. The first-order chi connectivity index (χ1) is 11.6. The number of benzene rings is 1. The van der Waals surface area contributed by atoms with Crippen LogP contribution in [0.15, 0.2) is 24.3 Å². The molecule has 3 rings (SSSR count). The first-order valence-electron chi connectivity index (χ1n) is 8.95. The lowest BCUT2D eigenvalue weighted by atomic mass is 10.2. The summed E-state index contributed by atoms with van der Waals surface area (Å²) >= 11 is 0. The first kappa shape index (κ1) is 16.8. The zero-order valence-electron chi connectivity index (χ0n) is 14.3. The molecule has 0 bridgehead atoms. The highest BCUT2D eigenvalue weighted by molar-refractivity contribution is 5.93. The smallest absolute Gasteiger partial charge is 0.309 e. The van der Waals surface area contributed by atoms with Crippen molar-refractivity contribution in [3.63, 3.8) is 0 Å². The molecule has 1 heterocycles. The second-order valence-corrected chi connectivity index (χ2v) is 6.92. The molecular weight excluding hydrogens is 304 g/mol. The van der Waals surface area contributed by atoms with Gasteiger partial charge in [0.1, 0.15) is 0 Å². The third-order valence-corrected chi connectivity index (χ3v) is 4.88. The van der Waals surface area contributed by atoms with Gasteiger partial charge in [0.25, 0.3) is 5.91 Å². The van der Waals surface area contributed by atoms with E-state index in [0.717, 1.165) is 25.2 Å². The standard InChI is InChI=1S/C19H26N2O3/c1-14-12-17(14)19(23)24-13-18(22)20-15-6-8-16(9-7-15)21-10-4-2-3-5-11-21/h6-9,14,17H,2-5,10-13H2,1H3,(H,20,22)/t14-,17+/m1/s1. The van der Waals surface area contributed by atoms with Crippen LogP contribution < -0.4 is 10.2 Å². The van der Waals surface area contributed by atoms with Gasteiger partial charge in [-0.2, -0.15) is 0 Å². The van der Waals surface area contributed by atoms with E-state index >= 15 is 0 Å². The third kappa shape index (κ3) is 4.49. The van der Waals surface area contributed by atoms with E-state index in [1.54, 1.807) is 0 Å². The molecule has 1 saturated heterocycles. The Morgan fingerprint density at radius 3 is 2.33 bits per heavy atom. The van der Waals surface area contributed by atoms with E-state index in [9.17, 15) is 9.59 Å². The maximum Gasteiger partial charge on any atom is 0.309 e. The molecular formula is C19H26N2O3. The molecule has 1 aliphatic heterocycles. The van der Waals surface area contributed by atoms with Crippen molar-refractivity contribution in [3.8, 4) is 0 Å². The fourth-order valence-electron chi connectivity index (χ4n) is 3.18. The van der Waals surface area contributed by atoms with E-state index in [-0.39, 0.29) is 24.4 Å². The van der Waals surface area contributed by atoms with Crippen molar-refractivity contribution >= 4 is 23.3 Å². The summed E-state index contributed by atoms with van der Waals surface area (Å²) in [4.78, 5) is 25.9. The molecule has 1 aromatic rings. The van der Waals surface area contributed by atoms with Gasteiger partial charge in [0.2, 0.25) is 0 Å². The monoisotopic (exact) mass is 330 g/mol. The summed E-state index contributed by atoms with van der Waals surface area (Å²) in [5, 5.41) is 2.78. The number of hydrogen-bond acceptors (Lipinski definition) is 4. The summed E-state index contributed by atoms with van der Waals surface area (Å²) in [5.41, 5.74) is 1.93. The van der Waals surface area contributed by atoms with Crippen molar-refractivity contribution in [2.75, 3.05) is 29.9 Å². The number of carbonyl (C=O) groups is 2. The van der Waals surface area contributed by atoms with Gasteiger partial charge in [0.05, 0.1) is 5.92 Å². The van der Waals surface area contributed by atoms with Crippen molar-refractivity contribution < 1.29 is 14.3 Å². The summed E-state index contributed by atoms with van der Waals surface area (Å²) in [5.74, 6) is -0.161. The molecule has 2 atom stereocenters. The van der Waals surface area contributed by atoms with Gasteiger partial charge in [-0.25, -0.2) is 0 Å². The van der Waals surface area contributed by atoms with Crippen LogP contribution in [0.25, 0.3) is 0 Å². The zero-order valence-corrected chi connectivity index (χ0v) is 14.3. The number of hydrogen-bond donors (Lipinski definition) is 1. The second-order valence-electron chi connectivity index (χ2n) is 6.92. The van der Waals surface area contributed by atoms with Crippen LogP contribution in [0, 0.1) is 11.8 Å². The Balaban J connectivity index is 1.46. The van der Waals surface area contributed by atoms with Gasteiger partial charge < -0.3 is 15.0 Å². The van der Waals surface area contributed by atoms with Gasteiger partial charge in [0.15, 0.2) is 6.61 Å². The Hall–Kier alpha value is -2.04. The van der Waals surface area contributed by atoms with Crippen molar-refractivity contribution in [1.82, 2.24) is 0 Å². The fraction of sp³-hybridized carbons (Fsp3) is 0.579. The number of nitrogens with one attached hydrogen (secondary N) is 1. The lowest BCUT2D eigenvalue weighted by molar-refractivity contribution is -0.148. The molecule has 0 radical (unpaired) electrons. The number of rotatable bonds is 5. The largest absolute Gasteiger partial charge is 0.455 e. The highest BCUT2D eigenvalue weighted by Crippen LogP contribution is 2.38. The molecule has 0 spiro atoms. The Morgan fingerprint density at radius 2 is 1.75 bits per heavy atom. The molecule has 1 amide bonds. The van der Waals surface area contributed by atoms with Crippen molar-refractivity contribution in [2.45, 2.75) is 39.0 Å². The fourth-order valence-corrected chi connectivity index (χ4v) is 3.18. The van der Waals surface area contributed by atoms with Crippen LogP contribution in [-0.2, 0) is 14.3 Å². The van der Waals surface area contributed by atoms with E-state index in [1.165, 1.54) is 31.4 Å². The van der Waals surface area contributed by atoms with Crippen LogP contribution in [0.4, 0.5) is 11.4 Å². The van der Waals surface area contributed by atoms with Crippen LogP contribution in [0.2, 0.25) is 0 Å². The van der Waals surface area contributed by atoms with E-state index in [1.807, 2.05) is 31.2 Å². The number of carbonyl (C=O) groups excluding carboxylic acids is 2. The predicted molar refractivity (Wildman–Crippen MR) is 94.0 cm³/mol. The Morgan fingerprint density at radius 1 is 1.12 bits per heavy atom. The van der Waals surface area contributed by atoms with Crippen molar-refractivity contribution in [1.29, 1.82) is 0 Å². The minimum absolute atomic E-state index is 0.00860. The zero-order chi connectivity index (χ0) is 16.9. The summed E-state index contributed by atoms with van der Waals surface area (Å²) in [7, 11) is 0. The SMILES string of the molecule is C[C@@H]1C[C@@H]1C(=O)OCC(=O)Nc1ccc(N2CCCCCC2)cc1. The van der Waals surface area contributed by atoms with Crippen LogP contribution >= 0.6 is 0 Å². The molecule has 1 saturated carbocycles. The molecule has 1 aromatic carbocycles. The van der Waals surface area contributed by atoms with Gasteiger partial charge in [-0.3, -0.25) is 9.59 Å². The minimum Gasteiger partial charge on any atom is -0.455 e.